The molecule has 3 amide bonds. The Labute approximate surface area is 195 Å². The highest BCUT2D eigenvalue weighted by Crippen LogP contribution is 2.29. The molecule has 176 valence electrons. The minimum Gasteiger partial charge on any atom is -0.496 e. The maximum atomic E-state index is 13.1. The van der Waals surface area contributed by atoms with Gasteiger partial charge in [-0.3, -0.25) is 14.5 Å². The van der Waals surface area contributed by atoms with Crippen LogP contribution in [-0.4, -0.2) is 72.4 Å². The van der Waals surface area contributed by atoms with Gasteiger partial charge in [0.05, 0.1) is 32.1 Å². The van der Waals surface area contributed by atoms with Gasteiger partial charge in [0.1, 0.15) is 5.75 Å². The largest absolute Gasteiger partial charge is 0.496 e. The van der Waals surface area contributed by atoms with Crippen LogP contribution in [0.2, 0.25) is 0 Å². The predicted molar refractivity (Wildman–Crippen MR) is 124 cm³/mol. The standard InChI is InChI=1S/C24H24N4O6/c1-33-20-9-8-18(16-5-2-3-6-17(16)20)22(29)27-19-7-4-10-25-21(19)23(30)26-13-15-14-34-12-11-28(15)24(31)32/h2-10,15H,11-14H2,1H3,(H,26,30)(H,27,29)(H,31,32). The molecule has 0 aliphatic carbocycles. The molecule has 0 radical (unpaired) electrons. The van der Waals surface area contributed by atoms with E-state index in [1.165, 1.54) is 11.1 Å². The van der Waals surface area contributed by atoms with Crippen molar-refractivity contribution < 1.29 is 29.0 Å². The molecule has 0 saturated carbocycles. The molecule has 0 spiro atoms. The lowest BCUT2D eigenvalue weighted by molar-refractivity contribution is 0.000648. The number of rotatable bonds is 6. The van der Waals surface area contributed by atoms with Gasteiger partial charge in [0.15, 0.2) is 5.69 Å². The highest BCUT2D eigenvalue weighted by molar-refractivity contribution is 6.15. The zero-order valence-electron chi connectivity index (χ0n) is 18.5. The van der Waals surface area contributed by atoms with Crippen molar-refractivity contribution in [1.29, 1.82) is 0 Å². The van der Waals surface area contributed by atoms with Gasteiger partial charge in [-0.2, -0.15) is 0 Å². The first-order valence-electron chi connectivity index (χ1n) is 10.7. The van der Waals surface area contributed by atoms with E-state index in [9.17, 15) is 19.5 Å². The van der Waals surface area contributed by atoms with Gasteiger partial charge >= 0.3 is 6.09 Å². The summed E-state index contributed by atoms with van der Waals surface area (Å²) in [5.74, 6) is -0.291. The van der Waals surface area contributed by atoms with Crippen molar-refractivity contribution in [2.45, 2.75) is 6.04 Å². The third-order valence-electron chi connectivity index (χ3n) is 5.59. The lowest BCUT2D eigenvalue weighted by atomic mass is 10.0. The second kappa shape index (κ2) is 10.2. The number of aromatic nitrogens is 1. The number of hydrogen-bond donors (Lipinski definition) is 3. The molecule has 1 aliphatic heterocycles. The van der Waals surface area contributed by atoms with Crippen molar-refractivity contribution in [3.05, 3.63) is 66.0 Å². The Hall–Kier alpha value is -4.18. The average Bonchev–Trinajstić information content (AvgIpc) is 2.87. The highest BCUT2D eigenvalue weighted by atomic mass is 16.5. The van der Waals surface area contributed by atoms with E-state index < -0.39 is 23.9 Å². The molecule has 34 heavy (non-hydrogen) atoms. The minimum atomic E-state index is -1.07. The van der Waals surface area contributed by atoms with Gasteiger partial charge in [-0.25, -0.2) is 9.78 Å². The van der Waals surface area contributed by atoms with Crippen LogP contribution in [0.1, 0.15) is 20.8 Å². The van der Waals surface area contributed by atoms with Crippen molar-refractivity contribution in [2.24, 2.45) is 0 Å². The average molecular weight is 464 g/mol. The van der Waals surface area contributed by atoms with E-state index in [1.807, 2.05) is 24.3 Å². The number of methoxy groups -OCH3 is 1. The Morgan fingerprint density at radius 3 is 2.68 bits per heavy atom. The number of nitrogens with zero attached hydrogens (tertiary/aromatic N) is 2. The molecule has 2 heterocycles. The molecule has 3 N–H and O–H groups in total. The predicted octanol–water partition coefficient (Wildman–Crippen LogP) is 2.60. The molecule has 1 fully saturated rings. The monoisotopic (exact) mass is 464 g/mol. The van der Waals surface area contributed by atoms with Crippen LogP contribution < -0.4 is 15.4 Å². The summed E-state index contributed by atoms with van der Waals surface area (Å²) >= 11 is 0. The van der Waals surface area contributed by atoms with Gasteiger partial charge in [0.2, 0.25) is 0 Å². The Balaban J connectivity index is 1.52. The summed E-state index contributed by atoms with van der Waals surface area (Å²) in [6.07, 6.45) is 0.376. The van der Waals surface area contributed by atoms with Gasteiger partial charge in [-0.15, -0.1) is 0 Å². The number of carboxylic acid groups (broad SMARTS) is 1. The Kier molecular flexibility index (Phi) is 6.88. The number of pyridine rings is 1. The van der Waals surface area contributed by atoms with E-state index >= 15 is 0 Å². The molecule has 10 heteroatoms. The number of fused-ring (bicyclic) bond motifs is 1. The van der Waals surface area contributed by atoms with Gasteiger partial charge in [0.25, 0.3) is 11.8 Å². The van der Waals surface area contributed by atoms with Crippen molar-refractivity contribution in [3.8, 4) is 5.75 Å². The van der Waals surface area contributed by atoms with Crippen molar-refractivity contribution >= 4 is 34.4 Å². The van der Waals surface area contributed by atoms with Crippen LogP contribution in [0.3, 0.4) is 0 Å². The fourth-order valence-electron chi connectivity index (χ4n) is 3.89. The maximum Gasteiger partial charge on any atom is 0.407 e. The summed E-state index contributed by atoms with van der Waals surface area (Å²) in [6.45, 7) is 0.783. The van der Waals surface area contributed by atoms with Crippen LogP contribution in [0.4, 0.5) is 10.5 Å². The number of nitrogens with one attached hydrogen (secondary N) is 2. The van der Waals surface area contributed by atoms with Crippen LogP contribution >= 0.6 is 0 Å². The molecular formula is C24H24N4O6. The third-order valence-corrected chi connectivity index (χ3v) is 5.59. The van der Waals surface area contributed by atoms with Gasteiger partial charge in [0, 0.05) is 30.2 Å². The zero-order chi connectivity index (χ0) is 24.1. The van der Waals surface area contributed by atoms with Crippen LogP contribution in [0.5, 0.6) is 5.75 Å². The first kappa shape index (κ1) is 23.0. The third kappa shape index (κ3) is 4.76. The minimum absolute atomic E-state index is 0.0206. The van der Waals surface area contributed by atoms with Crippen LogP contribution in [0.25, 0.3) is 10.8 Å². The van der Waals surface area contributed by atoms with Crippen molar-refractivity contribution in [2.75, 3.05) is 38.7 Å². The maximum absolute atomic E-state index is 13.1. The number of carbonyl (C=O) groups is 3. The van der Waals surface area contributed by atoms with E-state index in [-0.39, 0.29) is 31.1 Å². The van der Waals surface area contributed by atoms with E-state index in [1.54, 1.807) is 31.4 Å². The molecule has 2 aromatic carbocycles. The molecule has 0 bridgehead atoms. The smallest absolute Gasteiger partial charge is 0.407 e. The van der Waals surface area contributed by atoms with E-state index in [0.29, 0.717) is 23.3 Å². The number of benzene rings is 2. The Morgan fingerprint density at radius 2 is 1.91 bits per heavy atom. The number of hydrogen-bond acceptors (Lipinski definition) is 6. The lowest BCUT2D eigenvalue weighted by Crippen LogP contribution is -2.53. The molecule has 3 aromatic rings. The summed E-state index contributed by atoms with van der Waals surface area (Å²) < 4.78 is 10.7. The topological polar surface area (TPSA) is 130 Å². The first-order valence-corrected chi connectivity index (χ1v) is 10.7. The van der Waals surface area contributed by atoms with Crippen LogP contribution in [0, 0.1) is 0 Å². The van der Waals surface area contributed by atoms with Gasteiger partial charge in [-0.05, 0) is 29.7 Å². The van der Waals surface area contributed by atoms with Crippen LogP contribution in [-0.2, 0) is 4.74 Å². The normalized spacial score (nSPS) is 15.6. The number of morpholine rings is 1. The fraction of sp³-hybridized carbons (Fsp3) is 0.250. The quantitative estimate of drug-likeness (QED) is 0.511. The van der Waals surface area contributed by atoms with Gasteiger partial charge < -0.3 is 25.2 Å². The van der Waals surface area contributed by atoms with E-state index in [2.05, 4.69) is 15.6 Å². The lowest BCUT2D eigenvalue weighted by Gasteiger charge is -2.33. The second-order valence-electron chi connectivity index (χ2n) is 7.63. The number of anilines is 1. The zero-order valence-corrected chi connectivity index (χ0v) is 18.5. The Bertz CT molecular complexity index is 1230. The summed E-state index contributed by atoms with van der Waals surface area (Å²) in [5.41, 5.74) is 0.676. The molecule has 1 unspecified atom stereocenters. The Morgan fingerprint density at radius 1 is 1.12 bits per heavy atom. The van der Waals surface area contributed by atoms with Crippen molar-refractivity contribution in [3.63, 3.8) is 0 Å². The summed E-state index contributed by atoms with van der Waals surface area (Å²) in [5, 5.41) is 16.3. The molecule has 10 nitrogen and oxygen atoms in total. The SMILES string of the molecule is COc1ccc(C(=O)Nc2cccnc2C(=O)NCC2COCCN2C(=O)O)c2ccccc12. The molecule has 4 rings (SSSR count). The highest BCUT2D eigenvalue weighted by Gasteiger charge is 2.28. The number of ether oxygens (including phenoxy) is 2. The van der Waals surface area contributed by atoms with Gasteiger partial charge in [-0.1, -0.05) is 24.3 Å². The van der Waals surface area contributed by atoms with Crippen LogP contribution in [0.15, 0.2) is 54.7 Å². The molecular weight excluding hydrogens is 440 g/mol. The fourth-order valence-corrected chi connectivity index (χ4v) is 3.89. The molecule has 1 saturated heterocycles. The number of carbonyl (C=O) groups excluding carboxylic acids is 2. The summed E-state index contributed by atoms with van der Waals surface area (Å²) in [7, 11) is 1.57. The summed E-state index contributed by atoms with van der Waals surface area (Å²) in [6, 6.07) is 13.4. The second-order valence-corrected chi connectivity index (χ2v) is 7.63. The summed E-state index contributed by atoms with van der Waals surface area (Å²) in [4.78, 5) is 42.7. The van der Waals surface area contributed by atoms with E-state index in [4.69, 9.17) is 9.47 Å². The molecule has 1 atom stereocenters. The first-order chi connectivity index (χ1) is 16.5. The molecule has 1 aromatic heterocycles. The molecule has 1 aliphatic rings. The van der Waals surface area contributed by atoms with Crippen molar-refractivity contribution in [1.82, 2.24) is 15.2 Å². The number of amides is 3. The van der Waals surface area contributed by atoms with E-state index in [0.717, 1.165) is 5.39 Å².